The van der Waals surface area contributed by atoms with Gasteiger partial charge in [0, 0.05) is 0 Å². The molecule has 2 heterocycles. The number of aromatic nitrogens is 4. The highest BCUT2D eigenvalue weighted by molar-refractivity contribution is 6.28. The van der Waals surface area contributed by atoms with Gasteiger partial charge < -0.3 is 0 Å². The Kier molecular flexibility index (Phi) is 1.40. The third kappa shape index (κ3) is 1.12. The first kappa shape index (κ1) is 6.42. The van der Waals surface area contributed by atoms with E-state index >= 15 is 0 Å². The largest absolute Gasteiger partial charge is 0.224 e. The molecule has 0 unspecified atom stereocenters. The van der Waals surface area contributed by atoms with E-state index in [0.29, 0.717) is 11.0 Å². The number of rotatable bonds is 0. The van der Waals surface area contributed by atoms with Crippen molar-refractivity contribution < 1.29 is 0 Å². The molecule has 4 nitrogen and oxygen atoms in total. The number of fused-ring (bicyclic) bond motifs is 1. The van der Waals surface area contributed by atoms with Gasteiger partial charge in [0.05, 0.1) is 17.9 Å². The second-order valence-corrected chi connectivity index (χ2v) is 2.28. The summed E-state index contributed by atoms with van der Waals surface area (Å²) in [4.78, 5) is 7.69. The molecule has 0 atom stereocenters. The standard InChI is InChI=1S/C6H3ClN4/c7-6-8-3-5-4(10-6)1-2-9-11-5/h1-3H. The molecule has 0 radical (unpaired) electrons. The van der Waals surface area contributed by atoms with Crippen molar-refractivity contribution in [1.82, 2.24) is 20.2 Å². The highest BCUT2D eigenvalue weighted by atomic mass is 35.5. The summed E-state index contributed by atoms with van der Waals surface area (Å²) in [6.07, 6.45) is 3.10. The number of nitrogens with zero attached hydrogens (tertiary/aromatic N) is 4. The monoisotopic (exact) mass is 166 g/mol. The van der Waals surface area contributed by atoms with Crippen molar-refractivity contribution in [2.24, 2.45) is 0 Å². The van der Waals surface area contributed by atoms with E-state index in [-0.39, 0.29) is 5.28 Å². The third-order valence-electron chi connectivity index (χ3n) is 1.23. The first-order valence-corrected chi connectivity index (χ1v) is 3.34. The van der Waals surface area contributed by atoms with Crippen molar-refractivity contribution in [3.8, 4) is 0 Å². The molecule has 11 heavy (non-hydrogen) atoms. The van der Waals surface area contributed by atoms with Crippen LogP contribution in [0.2, 0.25) is 5.28 Å². The Morgan fingerprint density at radius 3 is 3.09 bits per heavy atom. The molecule has 0 aliphatic heterocycles. The topological polar surface area (TPSA) is 51.6 Å². The molecule has 0 aromatic carbocycles. The molecule has 2 rings (SSSR count). The Hall–Kier alpha value is -1.29. The molecule has 0 spiro atoms. The Labute approximate surface area is 67.3 Å². The van der Waals surface area contributed by atoms with Crippen molar-refractivity contribution in [2.45, 2.75) is 0 Å². The van der Waals surface area contributed by atoms with Crippen molar-refractivity contribution in [2.75, 3.05) is 0 Å². The van der Waals surface area contributed by atoms with Gasteiger partial charge in [-0.05, 0) is 17.7 Å². The third-order valence-corrected chi connectivity index (χ3v) is 1.42. The van der Waals surface area contributed by atoms with E-state index in [1.165, 1.54) is 6.20 Å². The average Bonchev–Trinajstić information content (AvgIpc) is 2.04. The number of hydrogen-bond donors (Lipinski definition) is 0. The fourth-order valence-corrected chi connectivity index (χ4v) is 0.905. The van der Waals surface area contributed by atoms with Crippen LogP contribution < -0.4 is 0 Å². The van der Waals surface area contributed by atoms with Crippen LogP contribution in [0.5, 0.6) is 0 Å². The molecule has 0 N–H and O–H groups in total. The second kappa shape index (κ2) is 2.39. The van der Waals surface area contributed by atoms with Crippen molar-refractivity contribution in [1.29, 1.82) is 0 Å². The Balaban J connectivity index is 2.83. The van der Waals surface area contributed by atoms with E-state index < -0.39 is 0 Å². The zero-order valence-corrected chi connectivity index (χ0v) is 6.15. The van der Waals surface area contributed by atoms with Gasteiger partial charge in [-0.1, -0.05) is 0 Å². The lowest BCUT2D eigenvalue weighted by Gasteiger charge is -1.91. The first-order valence-electron chi connectivity index (χ1n) is 2.96. The quantitative estimate of drug-likeness (QED) is 0.550. The van der Waals surface area contributed by atoms with Crippen LogP contribution in [0, 0.1) is 0 Å². The minimum atomic E-state index is 0.227. The highest BCUT2D eigenvalue weighted by Gasteiger charge is 1.96. The van der Waals surface area contributed by atoms with E-state index in [2.05, 4.69) is 20.2 Å². The summed E-state index contributed by atoms with van der Waals surface area (Å²) in [7, 11) is 0. The lowest BCUT2D eigenvalue weighted by molar-refractivity contribution is 1.05. The highest BCUT2D eigenvalue weighted by Crippen LogP contribution is 2.07. The smallest absolute Gasteiger partial charge is 0.223 e. The minimum absolute atomic E-state index is 0.227. The molecule has 2 aromatic heterocycles. The summed E-state index contributed by atoms with van der Waals surface area (Å²) < 4.78 is 0. The zero-order chi connectivity index (χ0) is 7.68. The molecule has 0 aliphatic carbocycles. The predicted molar refractivity (Wildman–Crippen MR) is 40.1 cm³/mol. The van der Waals surface area contributed by atoms with Crippen molar-refractivity contribution >= 4 is 22.6 Å². The van der Waals surface area contributed by atoms with E-state index in [9.17, 15) is 0 Å². The van der Waals surface area contributed by atoms with Crippen molar-refractivity contribution in [3.63, 3.8) is 0 Å². The summed E-state index contributed by atoms with van der Waals surface area (Å²) in [5, 5.41) is 7.69. The van der Waals surface area contributed by atoms with Gasteiger partial charge in [0.1, 0.15) is 5.52 Å². The van der Waals surface area contributed by atoms with Gasteiger partial charge in [-0.2, -0.15) is 5.10 Å². The van der Waals surface area contributed by atoms with Crippen LogP contribution in [0.3, 0.4) is 0 Å². The summed E-state index contributed by atoms with van der Waals surface area (Å²) in [5.74, 6) is 0. The maximum absolute atomic E-state index is 5.55. The van der Waals surface area contributed by atoms with Gasteiger partial charge in [-0.15, -0.1) is 5.10 Å². The maximum atomic E-state index is 5.55. The van der Waals surface area contributed by atoms with Crippen LogP contribution in [0.4, 0.5) is 0 Å². The van der Waals surface area contributed by atoms with Gasteiger partial charge in [0.2, 0.25) is 5.28 Å². The van der Waals surface area contributed by atoms with E-state index in [0.717, 1.165) is 0 Å². The molecule has 2 aromatic rings. The van der Waals surface area contributed by atoms with Gasteiger partial charge >= 0.3 is 0 Å². The average molecular weight is 167 g/mol. The molecule has 54 valence electrons. The van der Waals surface area contributed by atoms with Crippen LogP contribution in [0.25, 0.3) is 11.0 Å². The fraction of sp³-hybridized carbons (Fsp3) is 0. The Morgan fingerprint density at radius 2 is 2.18 bits per heavy atom. The van der Waals surface area contributed by atoms with Crippen LogP contribution in [0.1, 0.15) is 0 Å². The normalized spacial score (nSPS) is 10.3. The molecule has 0 aliphatic rings. The maximum Gasteiger partial charge on any atom is 0.223 e. The first-order chi connectivity index (χ1) is 5.36. The summed E-state index contributed by atoms with van der Waals surface area (Å²) >= 11 is 5.55. The molecule has 0 saturated carbocycles. The lowest BCUT2D eigenvalue weighted by atomic mass is 10.4. The van der Waals surface area contributed by atoms with Gasteiger partial charge in [-0.25, -0.2) is 9.97 Å². The minimum Gasteiger partial charge on any atom is -0.224 e. The Morgan fingerprint density at radius 1 is 1.27 bits per heavy atom. The molecule has 0 amide bonds. The van der Waals surface area contributed by atoms with E-state index in [1.54, 1.807) is 12.3 Å². The Bertz CT molecular complexity index is 389. The molecular formula is C6H3ClN4. The molecular weight excluding hydrogens is 164 g/mol. The molecule has 0 saturated heterocycles. The zero-order valence-electron chi connectivity index (χ0n) is 5.40. The van der Waals surface area contributed by atoms with Gasteiger partial charge in [-0.3, -0.25) is 0 Å². The summed E-state index contributed by atoms with van der Waals surface area (Å²) in [5.41, 5.74) is 1.36. The molecule has 5 heteroatoms. The van der Waals surface area contributed by atoms with E-state index in [4.69, 9.17) is 11.6 Å². The predicted octanol–water partition coefficient (Wildman–Crippen LogP) is 1.07. The summed E-state index contributed by atoms with van der Waals surface area (Å²) in [6.45, 7) is 0. The van der Waals surface area contributed by atoms with Crippen LogP contribution in [-0.4, -0.2) is 20.2 Å². The van der Waals surface area contributed by atoms with Crippen LogP contribution in [-0.2, 0) is 0 Å². The molecule has 0 fully saturated rings. The van der Waals surface area contributed by atoms with Crippen molar-refractivity contribution in [3.05, 3.63) is 23.7 Å². The SMILES string of the molecule is Clc1ncc2nnccc2n1. The second-order valence-electron chi connectivity index (χ2n) is 1.94. The lowest BCUT2D eigenvalue weighted by Crippen LogP contribution is -1.87. The fourth-order valence-electron chi connectivity index (χ4n) is 0.765. The van der Waals surface area contributed by atoms with Gasteiger partial charge in [0.25, 0.3) is 0 Å². The van der Waals surface area contributed by atoms with Crippen LogP contribution in [0.15, 0.2) is 18.5 Å². The van der Waals surface area contributed by atoms with Crippen LogP contribution >= 0.6 is 11.6 Å². The summed E-state index contributed by atoms with van der Waals surface area (Å²) in [6, 6.07) is 1.73. The van der Waals surface area contributed by atoms with Gasteiger partial charge in [0.15, 0.2) is 0 Å². The number of hydrogen-bond acceptors (Lipinski definition) is 4. The van der Waals surface area contributed by atoms with E-state index in [1.807, 2.05) is 0 Å². The number of halogens is 1. The molecule has 0 bridgehead atoms.